The summed E-state index contributed by atoms with van der Waals surface area (Å²) in [5.41, 5.74) is 0.221. The van der Waals surface area contributed by atoms with Crippen molar-refractivity contribution in [1.82, 2.24) is 20.1 Å². The van der Waals surface area contributed by atoms with Crippen LogP contribution in [0, 0.1) is 0 Å². The maximum Gasteiger partial charge on any atom is 0.140 e. The lowest BCUT2D eigenvalue weighted by molar-refractivity contribution is 0.266. The van der Waals surface area contributed by atoms with E-state index in [4.69, 9.17) is 0 Å². The first kappa shape index (κ1) is 12.6. The van der Waals surface area contributed by atoms with Crippen LogP contribution in [0.4, 0.5) is 0 Å². The van der Waals surface area contributed by atoms with E-state index in [0.717, 1.165) is 26.1 Å². The van der Waals surface area contributed by atoms with Gasteiger partial charge in [-0.15, -0.1) is 10.2 Å². The molecule has 0 aromatic carbocycles. The van der Waals surface area contributed by atoms with Crippen LogP contribution in [-0.2, 0) is 12.0 Å². The zero-order chi connectivity index (χ0) is 12.1. The van der Waals surface area contributed by atoms with E-state index in [1.54, 1.807) is 0 Å². The highest BCUT2D eigenvalue weighted by Gasteiger charge is 2.37. The molecule has 96 valence electrons. The van der Waals surface area contributed by atoms with Crippen LogP contribution in [0.1, 0.15) is 51.8 Å². The Hall–Kier alpha value is -0.900. The predicted octanol–water partition coefficient (Wildman–Crippen LogP) is 2.11. The van der Waals surface area contributed by atoms with Crippen molar-refractivity contribution in [2.75, 3.05) is 13.1 Å². The third kappa shape index (κ3) is 2.51. The van der Waals surface area contributed by atoms with Crippen LogP contribution in [0.2, 0.25) is 0 Å². The van der Waals surface area contributed by atoms with Gasteiger partial charge in [0.05, 0.1) is 0 Å². The van der Waals surface area contributed by atoms with Crippen LogP contribution in [0.25, 0.3) is 0 Å². The fourth-order valence-corrected chi connectivity index (χ4v) is 3.03. The Morgan fingerprint density at radius 3 is 2.94 bits per heavy atom. The first-order valence-corrected chi connectivity index (χ1v) is 6.91. The van der Waals surface area contributed by atoms with Crippen LogP contribution in [0.15, 0.2) is 6.33 Å². The van der Waals surface area contributed by atoms with E-state index in [0.29, 0.717) is 0 Å². The van der Waals surface area contributed by atoms with Gasteiger partial charge in [-0.1, -0.05) is 20.3 Å². The molecule has 0 saturated carbocycles. The van der Waals surface area contributed by atoms with E-state index in [2.05, 4.69) is 33.9 Å². The molecule has 0 amide bonds. The Balaban J connectivity index is 2.27. The fourth-order valence-electron chi connectivity index (χ4n) is 3.03. The molecule has 1 fully saturated rings. The summed E-state index contributed by atoms with van der Waals surface area (Å²) in [6.45, 7) is 7.71. The average Bonchev–Trinajstić information content (AvgIpc) is 2.80. The van der Waals surface area contributed by atoms with E-state index in [1.807, 2.05) is 6.33 Å². The summed E-state index contributed by atoms with van der Waals surface area (Å²) in [6, 6.07) is 0. The number of aryl methyl sites for hydroxylation is 1. The molecule has 1 aromatic heterocycles. The summed E-state index contributed by atoms with van der Waals surface area (Å²) in [4.78, 5) is 0. The summed E-state index contributed by atoms with van der Waals surface area (Å²) in [6.07, 6.45) is 7.95. The molecule has 1 unspecified atom stereocenters. The average molecular weight is 236 g/mol. The number of piperidine rings is 1. The molecule has 0 aliphatic carbocycles. The van der Waals surface area contributed by atoms with Gasteiger partial charge in [-0.25, -0.2) is 0 Å². The second-order valence-electron chi connectivity index (χ2n) is 5.16. The first-order valence-electron chi connectivity index (χ1n) is 6.91. The van der Waals surface area contributed by atoms with Crippen molar-refractivity contribution in [3.05, 3.63) is 12.2 Å². The molecule has 0 radical (unpaired) electrons. The van der Waals surface area contributed by atoms with E-state index in [1.165, 1.54) is 31.5 Å². The number of nitrogens with zero attached hydrogens (tertiary/aromatic N) is 3. The molecule has 1 aliphatic heterocycles. The molecule has 0 bridgehead atoms. The molecule has 2 rings (SSSR count). The third-order valence-corrected chi connectivity index (χ3v) is 3.76. The first-order chi connectivity index (χ1) is 8.32. The van der Waals surface area contributed by atoms with E-state index in [-0.39, 0.29) is 5.41 Å². The largest absolute Gasteiger partial charge is 0.317 e. The van der Waals surface area contributed by atoms with Crippen LogP contribution in [-0.4, -0.2) is 27.9 Å². The lowest BCUT2D eigenvalue weighted by Crippen LogP contribution is -2.45. The van der Waals surface area contributed by atoms with Gasteiger partial charge in [0.25, 0.3) is 0 Å². The number of hydrogen-bond donors (Lipinski definition) is 1. The maximum atomic E-state index is 4.42. The lowest BCUT2D eigenvalue weighted by atomic mass is 9.76. The summed E-state index contributed by atoms with van der Waals surface area (Å²) in [7, 11) is 0. The standard InChI is InChI=1S/C13H24N4/c1-3-6-13(7-5-8-14-10-13)12-16-15-11-17(12)9-4-2/h11,14H,3-10H2,1-2H3. The predicted molar refractivity (Wildman–Crippen MR) is 69.0 cm³/mol. The summed E-state index contributed by atoms with van der Waals surface area (Å²) in [5, 5.41) is 12.1. The Morgan fingerprint density at radius 2 is 2.29 bits per heavy atom. The highest BCUT2D eigenvalue weighted by Crippen LogP contribution is 2.34. The molecule has 1 aliphatic rings. The number of aromatic nitrogens is 3. The van der Waals surface area contributed by atoms with Gasteiger partial charge in [0, 0.05) is 18.5 Å². The van der Waals surface area contributed by atoms with Crippen molar-refractivity contribution < 1.29 is 0 Å². The zero-order valence-electron chi connectivity index (χ0n) is 11.1. The number of hydrogen-bond acceptors (Lipinski definition) is 3. The minimum atomic E-state index is 0.221. The molecule has 4 heteroatoms. The van der Waals surface area contributed by atoms with Crippen molar-refractivity contribution in [1.29, 1.82) is 0 Å². The van der Waals surface area contributed by atoms with Crippen molar-refractivity contribution in [2.24, 2.45) is 0 Å². The maximum absolute atomic E-state index is 4.42. The molecular formula is C13H24N4. The van der Waals surface area contributed by atoms with Gasteiger partial charge in [0.2, 0.25) is 0 Å². The lowest BCUT2D eigenvalue weighted by Gasteiger charge is -2.36. The molecule has 4 nitrogen and oxygen atoms in total. The normalized spacial score (nSPS) is 25.1. The summed E-state index contributed by atoms with van der Waals surface area (Å²) >= 11 is 0. The Labute approximate surface area is 104 Å². The minimum absolute atomic E-state index is 0.221. The number of rotatable bonds is 5. The minimum Gasteiger partial charge on any atom is -0.317 e. The van der Waals surface area contributed by atoms with Gasteiger partial charge in [0.15, 0.2) is 0 Å². The molecule has 17 heavy (non-hydrogen) atoms. The van der Waals surface area contributed by atoms with Crippen LogP contribution in [0.3, 0.4) is 0 Å². The summed E-state index contributed by atoms with van der Waals surface area (Å²) < 4.78 is 2.25. The molecule has 1 aromatic rings. The quantitative estimate of drug-likeness (QED) is 0.851. The van der Waals surface area contributed by atoms with Gasteiger partial charge in [-0.2, -0.15) is 0 Å². The van der Waals surface area contributed by atoms with Crippen molar-refractivity contribution in [3.63, 3.8) is 0 Å². The monoisotopic (exact) mass is 236 g/mol. The van der Waals surface area contributed by atoms with Gasteiger partial charge in [-0.05, 0) is 32.2 Å². The SMILES string of the molecule is CCCn1cnnc1C1(CCC)CCCNC1. The van der Waals surface area contributed by atoms with Crippen LogP contribution >= 0.6 is 0 Å². The summed E-state index contributed by atoms with van der Waals surface area (Å²) in [5.74, 6) is 1.20. The smallest absolute Gasteiger partial charge is 0.140 e. The zero-order valence-corrected chi connectivity index (χ0v) is 11.1. The van der Waals surface area contributed by atoms with Crippen molar-refractivity contribution in [2.45, 2.75) is 57.9 Å². The van der Waals surface area contributed by atoms with E-state index >= 15 is 0 Å². The molecule has 1 atom stereocenters. The Bertz CT molecular complexity index is 333. The third-order valence-electron chi connectivity index (χ3n) is 3.76. The van der Waals surface area contributed by atoms with Crippen LogP contribution in [0.5, 0.6) is 0 Å². The Kier molecular flexibility index (Phi) is 4.15. The van der Waals surface area contributed by atoms with Gasteiger partial charge < -0.3 is 9.88 Å². The van der Waals surface area contributed by atoms with E-state index in [9.17, 15) is 0 Å². The molecule has 2 heterocycles. The Morgan fingerprint density at radius 1 is 1.41 bits per heavy atom. The van der Waals surface area contributed by atoms with Gasteiger partial charge in [-0.3, -0.25) is 0 Å². The molecule has 1 N–H and O–H groups in total. The van der Waals surface area contributed by atoms with Gasteiger partial charge >= 0.3 is 0 Å². The molecular weight excluding hydrogens is 212 g/mol. The molecule has 0 spiro atoms. The topological polar surface area (TPSA) is 42.7 Å². The van der Waals surface area contributed by atoms with Crippen molar-refractivity contribution >= 4 is 0 Å². The second kappa shape index (κ2) is 5.63. The van der Waals surface area contributed by atoms with Crippen LogP contribution < -0.4 is 5.32 Å². The fraction of sp³-hybridized carbons (Fsp3) is 0.846. The van der Waals surface area contributed by atoms with Crippen molar-refractivity contribution in [3.8, 4) is 0 Å². The second-order valence-corrected chi connectivity index (χ2v) is 5.16. The van der Waals surface area contributed by atoms with E-state index < -0.39 is 0 Å². The number of nitrogens with one attached hydrogen (secondary N) is 1. The highest BCUT2D eigenvalue weighted by molar-refractivity contribution is 5.11. The highest BCUT2D eigenvalue weighted by atomic mass is 15.3. The van der Waals surface area contributed by atoms with Gasteiger partial charge in [0.1, 0.15) is 12.2 Å². The molecule has 1 saturated heterocycles.